The van der Waals surface area contributed by atoms with Crippen molar-refractivity contribution in [3.63, 3.8) is 0 Å². The summed E-state index contributed by atoms with van der Waals surface area (Å²) in [5.41, 5.74) is 6.63. The highest BCUT2D eigenvalue weighted by Crippen LogP contribution is 2.34. The van der Waals surface area contributed by atoms with E-state index in [1.165, 1.54) is 42.5 Å². The average Bonchev–Trinajstić information content (AvgIpc) is 3.00. The molecular weight excluding hydrogens is 506 g/mol. The van der Waals surface area contributed by atoms with Crippen molar-refractivity contribution in [1.29, 1.82) is 0 Å². The van der Waals surface area contributed by atoms with Crippen LogP contribution in [-0.2, 0) is 11.3 Å². The molecule has 4 aromatic rings. The van der Waals surface area contributed by atoms with Crippen molar-refractivity contribution >= 4 is 0 Å². The van der Waals surface area contributed by atoms with Crippen molar-refractivity contribution in [2.45, 2.75) is 52.2 Å². The van der Waals surface area contributed by atoms with E-state index in [4.69, 9.17) is 14.2 Å². The zero-order valence-corrected chi connectivity index (χ0v) is 23.2. The predicted molar refractivity (Wildman–Crippen MR) is 155 cm³/mol. The van der Waals surface area contributed by atoms with Crippen LogP contribution in [0.15, 0.2) is 84.9 Å². The second-order valence-corrected chi connectivity index (χ2v) is 10.4. The minimum Gasteiger partial charge on any atom is -0.491 e. The minimum absolute atomic E-state index is 0.116. The van der Waals surface area contributed by atoms with Gasteiger partial charge in [0.05, 0.1) is 19.3 Å². The molecule has 0 aromatic heterocycles. The molecule has 0 N–H and O–H groups in total. The number of halogens is 2. The van der Waals surface area contributed by atoms with Gasteiger partial charge in [0.25, 0.3) is 0 Å². The van der Waals surface area contributed by atoms with Crippen LogP contribution in [0.2, 0.25) is 0 Å². The number of hydrogen-bond acceptors (Lipinski definition) is 3. The van der Waals surface area contributed by atoms with E-state index >= 15 is 0 Å². The lowest BCUT2D eigenvalue weighted by atomic mass is 9.91. The van der Waals surface area contributed by atoms with Crippen molar-refractivity contribution < 1.29 is 23.0 Å². The maximum absolute atomic E-state index is 14.3. The van der Waals surface area contributed by atoms with Crippen molar-refractivity contribution in [1.82, 2.24) is 0 Å². The Hall–Kier alpha value is -3.70. The monoisotopic (exact) mass is 542 g/mol. The molecule has 40 heavy (non-hydrogen) atoms. The molecule has 5 heteroatoms. The molecule has 0 saturated carbocycles. The molecular formula is C35H36F2O3. The minimum atomic E-state index is -1.04. The standard InChI is InChI=1S/C35H36F2O3/c1-3-5-24-8-19-31(39-22-24)30-17-15-29(16-18-30)28-13-11-27(12-14-28)26-9-6-25(7-10-26)23-40-33-21-20-32(38-4-2)34(36)35(33)37/h6-7,9-18,20-21,24,31H,3-5,8,19,22-23H2,1-2H3. The van der Waals surface area contributed by atoms with Gasteiger partial charge in [0.1, 0.15) is 6.61 Å². The summed E-state index contributed by atoms with van der Waals surface area (Å²) in [4.78, 5) is 0. The summed E-state index contributed by atoms with van der Waals surface area (Å²) >= 11 is 0. The highest BCUT2D eigenvalue weighted by Gasteiger charge is 2.22. The first kappa shape index (κ1) is 27.9. The van der Waals surface area contributed by atoms with Gasteiger partial charge in [0.15, 0.2) is 11.5 Å². The summed E-state index contributed by atoms with van der Waals surface area (Å²) in [5.74, 6) is -1.62. The van der Waals surface area contributed by atoms with E-state index < -0.39 is 11.6 Å². The average molecular weight is 543 g/mol. The molecule has 1 aliphatic heterocycles. The third kappa shape index (κ3) is 6.53. The quantitative estimate of drug-likeness (QED) is 0.200. The van der Waals surface area contributed by atoms with Crippen molar-refractivity contribution in [2.75, 3.05) is 13.2 Å². The molecule has 208 valence electrons. The van der Waals surface area contributed by atoms with Gasteiger partial charge in [-0.05, 0) is 77.6 Å². The first-order chi connectivity index (χ1) is 19.6. The molecule has 3 nitrogen and oxygen atoms in total. The maximum atomic E-state index is 14.3. The third-order valence-corrected chi connectivity index (χ3v) is 7.56. The molecule has 5 rings (SSSR count). The van der Waals surface area contributed by atoms with Crippen molar-refractivity contribution in [2.24, 2.45) is 5.92 Å². The van der Waals surface area contributed by atoms with E-state index in [1.54, 1.807) is 6.92 Å². The van der Waals surface area contributed by atoms with Gasteiger partial charge >= 0.3 is 0 Å². The van der Waals surface area contributed by atoms with Gasteiger partial charge in [-0.25, -0.2) is 0 Å². The highest BCUT2D eigenvalue weighted by molar-refractivity contribution is 5.70. The van der Waals surface area contributed by atoms with Crippen LogP contribution in [0.5, 0.6) is 11.5 Å². The molecule has 0 spiro atoms. The Bertz CT molecular complexity index is 1370. The largest absolute Gasteiger partial charge is 0.491 e. The molecule has 1 fully saturated rings. The summed E-state index contributed by atoms with van der Waals surface area (Å²) in [6.45, 7) is 5.22. The highest BCUT2D eigenvalue weighted by atomic mass is 19.2. The summed E-state index contributed by atoms with van der Waals surface area (Å²) in [6.07, 6.45) is 5.04. The molecule has 1 heterocycles. The first-order valence-corrected chi connectivity index (χ1v) is 14.2. The molecule has 0 amide bonds. The lowest BCUT2D eigenvalue weighted by molar-refractivity contribution is -0.0194. The van der Waals surface area contributed by atoms with Gasteiger partial charge in [-0.15, -0.1) is 0 Å². The Morgan fingerprint density at radius 3 is 1.70 bits per heavy atom. The SMILES string of the molecule is CCCC1CCC(c2ccc(-c3ccc(-c4ccc(COc5ccc(OCC)c(F)c5F)cc4)cc3)cc2)OC1. The fraction of sp³-hybridized carbons (Fsp3) is 0.314. The Morgan fingerprint density at radius 1 is 0.675 bits per heavy atom. The lowest BCUT2D eigenvalue weighted by Crippen LogP contribution is -2.20. The summed E-state index contributed by atoms with van der Waals surface area (Å²) in [6, 6.07) is 27.9. The van der Waals surface area contributed by atoms with E-state index in [0.717, 1.165) is 35.3 Å². The van der Waals surface area contributed by atoms with Gasteiger partial charge in [-0.3, -0.25) is 0 Å². The van der Waals surface area contributed by atoms with Gasteiger partial charge < -0.3 is 14.2 Å². The smallest absolute Gasteiger partial charge is 0.204 e. The van der Waals surface area contributed by atoms with E-state index in [1.807, 2.05) is 24.3 Å². The van der Waals surface area contributed by atoms with E-state index in [0.29, 0.717) is 5.92 Å². The van der Waals surface area contributed by atoms with Crippen LogP contribution in [0.25, 0.3) is 22.3 Å². The molecule has 2 atom stereocenters. The molecule has 2 unspecified atom stereocenters. The normalized spacial score (nSPS) is 17.0. The van der Waals surface area contributed by atoms with Crippen LogP contribution in [0, 0.1) is 17.6 Å². The Morgan fingerprint density at radius 2 is 1.20 bits per heavy atom. The Balaban J connectivity index is 1.18. The number of ether oxygens (including phenoxy) is 3. The number of rotatable bonds is 10. The molecule has 4 aromatic carbocycles. The van der Waals surface area contributed by atoms with Crippen molar-refractivity contribution in [3.8, 4) is 33.8 Å². The first-order valence-electron chi connectivity index (χ1n) is 14.2. The molecule has 1 saturated heterocycles. The Labute approximate surface area is 235 Å². The van der Waals surface area contributed by atoms with Gasteiger partial charge in [-0.2, -0.15) is 8.78 Å². The molecule has 0 aliphatic carbocycles. The molecule has 1 aliphatic rings. The van der Waals surface area contributed by atoms with E-state index in [9.17, 15) is 8.78 Å². The van der Waals surface area contributed by atoms with Crippen LogP contribution in [0.3, 0.4) is 0 Å². The summed E-state index contributed by atoms with van der Waals surface area (Å²) in [5, 5.41) is 0. The zero-order valence-electron chi connectivity index (χ0n) is 23.2. The predicted octanol–water partition coefficient (Wildman–Crippen LogP) is 9.54. The molecule has 0 bridgehead atoms. The fourth-order valence-electron chi connectivity index (χ4n) is 5.30. The van der Waals surface area contributed by atoms with Gasteiger partial charge in [0.2, 0.25) is 11.6 Å². The number of hydrogen-bond donors (Lipinski definition) is 0. The van der Waals surface area contributed by atoms with Crippen LogP contribution >= 0.6 is 0 Å². The second-order valence-electron chi connectivity index (χ2n) is 10.4. The van der Waals surface area contributed by atoms with Crippen LogP contribution in [0.1, 0.15) is 56.8 Å². The Kier molecular flexibility index (Phi) is 9.12. The van der Waals surface area contributed by atoms with Crippen LogP contribution < -0.4 is 9.47 Å². The summed E-state index contributed by atoms with van der Waals surface area (Å²) < 4.78 is 45.2. The lowest BCUT2D eigenvalue weighted by Gasteiger charge is -2.29. The topological polar surface area (TPSA) is 27.7 Å². The van der Waals surface area contributed by atoms with Crippen molar-refractivity contribution in [3.05, 3.63) is 108 Å². The zero-order chi connectivity index (χ0) is 27.9. The summed E-state index contributed by atoms with van der Waals surface area (Å²) in [7, 11) is 0. The maximum Gasteiger partial charge on any atom is 0.204 e. The van der Waals surface area contributed by atoms with Gasteiger partial charge in [0, 0.05) is 0 Å². The van der Waals surface area contributed by atoms with Crippen LogP contribution in [-0.4, -0.2) is 13.2 Å². The number of benzene rings is 4. The van der Waals surface area contributed by atoms with E-state index in [2.05, 4.69) is 55.5 Å². The van der Waals surface area contributed by atoms with Gasteiger partial charge in [-0.1, -0.05) is 86.1 Å². The van der Waals surface area contributed by atoms with Crippen LogP contribution in [0.4, 0.5) is 8.78 Å². The van der Waals surface area contributed by atoms with E-state index in [-0.39, 0.29) is 30.8 Å². The second kappa shape index (κ2) is 13.1. The third-order valence-electron chi connectivity index (χ3n) is 7.56. The fourth-order valence-corrected chi connectivity index (χ4v) is 5.30. The molecule has 0 radical (unpaired) electrons.